The molecule has 1 rings (SSSR count). The Kier molecular flexibility index (Phi) is 3.57. The zero-order chi connectivity index (χ0) is 8.97. The van der Waals surface area contributed by atoms with Gasteiger partial charge in [0.25, 0.3) is 0 Å². The molecule has 0 atom stereocenters. The summed E-state index contributed by atoms with van der Waals surface area (Å²) in [6, 6.07) is 0. The Bertz CT molecular complexity index is 161. The van der Waals surface area contributed by atoms with Gasteiger partial charge < -0.3 is 4.90 Å². The van der Waals surface area contributed by atoms with Crippen molar-refractivity contribution >= 4 is 5.84 Å². The van der Waals surface area contributed by atoms with Gasteiger partial charge in [-0.3, -0.25) is 4.99 Å². The summed E-state index contributed by atoms with van der Waals surface area (Å²) >= 11 is 0. The molecule has 12 heavy (non-hydrogen) atoms. The monoisotopic (exact) mass is 168 g/mol. The Morgan fingerprint density at radius 3 is 2.83 bits per heavy atom. The number of hydrogen-bond acceptors (Lipinski definition) is 2. The van der Waals surface area contributed by atoms with E-state index in [-0.39, 0.29) is 0 Å². The van der Waals surface area contributed by atoms with E-state index in [2.05, 4.69) is 30.7 Å². The molecule has 1 heterocycles. The van der Waals surface area contributed by atoms with Crippen molar-refractivity contribution in [2.24, 2.45) is 10.9 Å². The van der Waals surface area contributed by atoms with E-state index >= 15 is 0 Å². The molecule has 0 fully saturated rings. The summed E-state index contributed by atoms with van der Waals surface area (Å²) in [5.74, 6) is 1.92. The second kappa shape index (κ2) is 4.48. The van der Waals surface area contributed by atoms with Crippen LogP contribution in [0, 0.1) is 5.92 Å². The highest BCUT2D eigenvalue weighted by molar-refractivity contribution is 5.85. The van der Waals surface area contributed by atoms with Crippen LogP contribution in [0.1, 0.15) is 33.6 Å². The molecular formula is C10H20N2. The number of amidine groups is 1. The quantitative estimate of drug-likeness (QED) is 0.628. The number of aliphatic imine (C=N–C) groups is 1. The molecule has 0 aromatic carbocycles. The van der Waals surface area contributed by atoms with Crippen molar-refractivity contribution in [2.45, 2.75) is 33.6 Å². The maximum absolute atomic E-state index is 4.51. The molecule has 0 radical (unpaired) electrons. The molecule has 1 aliphatic rings. The molecule has 2 heteroatoms. The van der Waals surface area contributed by atoms with Gasteiger partial charge in [0.05, 0.1) is 6.54 Å². The fraction of sp³-hybridized carbons (Fsp3) is 0.900. The molecule has 0 aromatic rings. The van der Waals surface area contributed by atoms with Crippen LogP contribution >= 0.6 is 0 Å². The van der Waals surface area contributed by atoms with Gasteiger partial charge in [-0.25, -0.2) is 0 Å². The van der Waals surface area contributed by atoms with Crippen LogP contribution in [0.25, 0.3) is 0 Å². The molecule has 0 saturated carbocycles. The van der Waals surface area contributed by atoms with E-state index in [1.54, 1.807) is 0 Å². The normalized spacial score (nSPS) is 17.3. The Balaban J connectivity index is 2.39. The van der Waals surface area contributed by atoms with Crippen LogP contribution in [0.2, 0.25) is 0 Å². The average molecular weight is 168 g/mol. The van der Waals surface area contributed by atoms with Crippen molar-refractivity contribution < 1.29 is 0 Å². The molecule has 0 bridgehead atoms. The van der Waals surface area contributed by atoms with E-state index < -0.39 is 0 Å². The minimum Gasteiger partial charge on any atom is -0.358 e. The first-order valence-electron chi connectivity index (χ1n) is 5.05. The molecular weight excluding hydrogens is 148 g/mol. The predicted molar refractivity (Wildman–Crippen MR) is 53.6 cm³/mol. The van der Waals surface area contributed by atoms with Crippen LogP contribution in [0.5, 0.6) is 0 Å². The van der Waals surface area contributed by atoms with Crippen LogP contribution in [-0.4, -0.2) is 30.4 Å². The highest BCUT2D eigenvalue weighted by atomic mass is 15.2. The lowest BCUT2D eigenvalue weighted by Crippen LogP contribution is -2.31. The summed E-state index contributed by atoms with van der Waals surface area (Å²) in [4.78, 5) is 6.95. The number of rotatable bonds is 4. The lowest BCUT2D eigenvalue weighted by Gasteiger charge is -2.22. The zero-order valence-electron chi connectivity index (χ0n) is 8.51. The first kappa shape index (κ1) is 9.56. The van der Waals surface area contributed by atoms with Crippen molar-refractivity contribution in [3.05, 3.63) is 0 Å². The van der Waals surface area contributed by atoms with E-state index in [0.717, 1.165) is 13.1 Å². The van der Waals surface area contributed by atoms with E-state index in [1.807, 2.05) is 0 Å². The van der Waals surface area contributed by atoms with Crippen molar-refractivity contribution in [3.8, 4) is 0 Å². The van der Waals surface area contributed by atoms with Gasteiger partial charge in [-0.05, 0) is 6.42 Å². The largest absolute Gasteiger partial charge is 0.358 e. The fourth-order valence-electron chi connectivity index (χ4n) is 1.62. The van der Waals surface area contributed by atoms with Crippen LogP contribution in [-0.2, 0) is 0 Å². The molecule has 0 amide bonds. The maximum Gasteiger partial charge on any atom is 0.102 e. The van der Waals surface area contributed by atoms with Gasteiger partial charge in [-0.1, -0.05) is 27.2 Å². The smallest absolute Gasteiger partial charge is 0.102 e. The molecule has 1 aliphatic heterocycles. The van der Waals surface area contributed by atoms with Crippen molar-refractivity contribution in [1.29, 1.82) is 0 Å². The van der Waals surface area contributed by atoms with Crippen molar-refractivity contribution in [3.63, 3.8) is 0 Å². The molecule has 0 spiro atoms. The third kappa shape index (κ3) is 2.23. The minimum absolute atomic E-state index is 0.601. The lowest BCUT2D eigenvalue weighted by atomic mass is 10.2. The standard InChI is InChI=1S/C10H20N2/c1-4-5-7-12-8-6-11-10(12)9(2)3/h9H,4-8H2,1-3H3. The second-order valence-electron chi connectivity index (χ2n) is 3.74. The highest BCUT2D eigenvalue weighted by Gasteiger charge is 2.18. The zero-order valence-corrected chi connectivity index (χ0v) is 8.51. The van der Waals surface area contributed by atoms with Gasteiger partial charge in [0, 0.05) is 19.0 Å². The Morgan fingerprint density at radius 1 is 1.50 bits per heavy atom. The minimum atomic E-state index is 0.601. The summed E-state index contributed by atoms with van der Waals surface area (Å²) in [6.45, 7) is 10.0. The molecule has 0 N–H and O–H groups in total. The number of hydrogen-bond donors (Lipinski definition) is 0. The molecule has 70 valence electrons. The Hall–Kier alpha value is -0.530. The topological polar surface area (TPSA) is 15.6 Å². The van der Waals surface area contributed by atoms with Crippen molar-refractivity contribution in [2.75, 3.05) is 19.6 Å². The summed E-state index contributed by atoms with van der Waals surface area (Å²) in [5.41, 5.74) is 0. The van der Waals surface area contributed by atoms with Crippen LogP contribution in [0.15, 0.2) is 4.99 Å². The number of nitrogens with zero attached hydrogens (tertiary/aromatic N) is 2. The summed E-state index contributed by atoms with van der Waals surface area (Å²) in [7, 11) is 0. The molecule has 0 aromatic heterocycles. The van der Waals surface area contributed by atoms with Gasteiger partial charge in [-0.15, -0.1) is 0 Å². The van der Waals surface area contributed by atoms with Crippen LogP contribution in [0.4, 0.5) is 0 Å². The summed E-state index contributed by atoms with van der Waals surface area (Å²) in [6.07, 6.45) is 2.58. The van der Waals surface area contributed by atoms with Gasteiger partial charge >= 0.3 is 0 Å². The molecule has 2 nitrogen and oxygen atoms in total. The predicted octanol–water partition coefficient (Wildman–Crippen LogP) is 2.16. The van der Waals surface area contributed by atoms with Crippen LogP contribution in [0.3, 0.4) is 0 Å². The van der Waals surface area contributed by atoms with Gasteiger partial charge in [-0.2, -0.15) is 0 Å². The third-order valence-corrected chi connectivity index (χ3v) is 2.27. The Labute approximate surface area is 75.7 Å². The average Bonchev–Trinajstić information content (AvgIpc) is 2.48. The molecule has 0 unspecified atom stereocenters. The van der Waals surface area contributed by atoms with Gasteiger partial charge in [0.15, 0.2) is 0 Å². The molecule has 0 aliphatic carbocycles. The van der Waals surface area contributed by atoms with Gasteiger partial charge in [0.1, 0.15) is 5.84 Å². The van der Waals surface area contributed by atoms with E-state index in [1.165, 1.54) is 25.2 Å². The van der Waals surface area contributed by atoms with E-state index in [9.17, 15) is 0 Å². The lowest BCUT2D eigenvalue weighted by molar-refractivity contribution is 0.426. The third-order valence-electron chi connectivity index (χ3n) is 2.27. The van der Waals surface area contributed by atoms with E-state index in [4.69, 9.17) is 0 Å². The second-order valence-corrected chi connectivity index (χ2v) is 3.74. The first-order valence-corrected chi connectivity index (χ1v) is 5.05. The maximum atomic E-state index is 4.51. The Morgan fingerprint density at radius 2 is 2.25 bits per heavy atom. The summed E-state index contributed by atoms with van der Waals surface area (Å²) in [5, 5.41) is 0. The fourth-order valence-corrected chi connectivity index (χ4v) is 1.62. The van der Waals surface area contributed by atoms with Crippen molar-refractivity contribution in [1.82, 2.24) is 4.90 Å². The van der Waals surface area contributed by atoms with Gasteiger partial charge in [0.2, 0.25) is 0 Å². The SMILES string of the molecule is CCCCN1CCN=C1C(C)C. The summed E-state index contributed by atoms with van der Waals surface area (Å²) < 4.78 is 0. The van der Waals surface area contributed by atoms with Crippen LogP contribution < -0.4 is 0 Å². The number of unbranched alkanes of at least 4 members (excludes halogenated alkanes) is 1. The van der Waals surface area contributed by atoms with E-state index in [0.29, 0.717) is 5.92 Å². The first-order chi connectivity index (χ1) is 5.75. The highest BCUT2D eigenvalue weighted by Crippen LogP contribution is 2.10. The molecule has 0 saturated heterocycles.